The Hall–Kier alpha value is -2.15. The average Bonchev–Trinajstić information content (AvgIpc) is 2.98. The lowest BCUT2D eigenvalue weighted by atomic mass is 10.0. The number of hydrogen-bond donors (Lipinski definition) is 2. The van der Waals surface area contributed by atoms with Crippen LogP contribution in [0.2, 0.25) is 0 Å². The fraction of sp³-hybridized carbons (Fsp3) is 0.333. The highest BCUT2D eigenvalue weighted by Gasteiger charge is 2.22. The molecule has 1 fully saturated rings. The van der Waals surface area contributed by atoms with Gasteiger partial charge < -0.3 is 11.1 Å². The molecular weight excluding hydrogens is 336 g/mol. The lowest BCUT2D eigenvalue weighted by Crippen LogP contribution is -2.44. The van der Waals surface area contributed by atoms with E-state index in [1.54, 1.807) is 6.20 Å². The number of aromatic nitrogens is 3. The number of rotatable bonds is 3. The number of nitrogen functional groups attached to an aromatic ring is 1. The van der Waals surface area contributed by atoms with Crippen molar-refractivity contribution in [3.63, 3.8) is 0 Å². The van der Waals surface area contributed by atoms with Gasteiger partial charge in [0.05, 0.1) is 11.0 Å². The number of hydrogen-bond acceptors (Lipinski definition) is 5. The zero-order valence-corrected chi connectivity index (χ0v) is 15.0. The molecule has 6 nitrogen and oxygen atoms in total. The molecule has 3 N–H and O–H groups in total. The van der Waals surface area contributed by atoms with Crippen LogP contribution >= 0.6 is 12.4 Å². The van der Waals surface area contributed by atoms with Crippen molar-refractivity contribution in [3.8, 4) is 5.82 Å². The Morgan fingerprint density at radius 2 is 1.92 bits per heavy atom. The molecule has 3 aromatic rings. The lowest BCUT2D eigenvalue weighted by Gasteiger charge is -2.33. The number of nitrogens with one attached hydrogen (secondary N) is 1. The second-order valence-corrected chi connectivity index (χ2v) is 6.17. The molecule has 0 saturated carbocycles. The Kier molecular flexibility index (Phi) is 5.22. The topological polar surface area (TPSA) is 72.0 Å². The van der Waals surface area contributed by atoms with E-state index in [-0.39, 0.29) is 12.4 Å². The first kappa shape index (κ1) is 17.7. The third-order valence-electron chi connectivity index (χ3n) is 4.77. The number of nitrogens with two attached hydrogens (primary N) is 1. The van der Waals surface area contributed by atoms with E-state index in [4.69, 9.17) is 5.73 Å². The molecule has 0 amide bonds. The summed E-state index contributed by atoms with van der Waals surface area (Å²) in [6.45, 7) is 6.41. The molecule has 7 heteroatoms. The Labute approximate surface area is 153 Å². The van der Waals surface area contributed by atoms with E-state index in [0.717, 1.165) is 43.0 Å². The van der Waals surface area contributed by atoms with Gasteiger partial charge in [-0.3, -0.25) is 9.47 Å². The molecule has 1 aliphatic heterocycles. The maximum Gasteiger partial charge on any atom is 0.207 e. The van der Waals surface area contributed by atoms with E-state index < -0.39 is 0 Å². The van der Waals surface area contributed by atoms with Crippen molar-refractivity contribution in [1.82, 2.24) is 24.8 Å². The summed E-state index contributed by atoms with van der Waals surface area (Å²) in [7, 11) is 0. The predicted octanol–water partition coefficient (Wildman–Crippen LogP) is 2.39. The molecule has 0 radical (unpaired) electrons. The van der Waals surface area contributed by atoms with Crippen molar-refractivity contribution < 1.29 is 0 Å². The molecule has 2 aromatic heterocycles. The maximum absolute atomic E-state index is 6.22. The van der Waals surface area contributed by atoms with Gasteiger partial charge in [-0.1, -0.05) is 18.2 Å². The summed E-state index contributed by atoms with van der Waals surface area (Å²) in [4.78, 5) is 11.6. The van der Waals surface area contributed by atoms with Gasteiger partial charge in [-0.15, -0.1) is 12.4 Å². The van der Waals surface area contributed by atoms with E-state index in [0.29, 0.717) is 12.0 Å². The van der Waals surface area contributed by atoms with Gasteiger partial charge >= 0.3 is 0 Å². The smallest absolute Gasteiger partial charge is 0.207 e. The van der Waals surface area contributed by atoms with Crippen LogP contribution in [0.25, 0.3) is 16.9 Å². The Morgan fingerprint density at radius 3 is 2.64 bits per heavy atom. The third-order valence-corrected chi connectivity index (χ3v) is 4.77. The van der Waals surface area contributed by atoms with Gasteiger partial charge in [-0.2, -0.15) is 0 Å². The summed E-state index contributed by atoms with van der Waals surface area (Å²) in [5.74, 6) is 1.27. The number of benzene rings is 1. The van der Waals surface area contributed by atoms with Crippen LogP contribution in [-0.4, -0.2) is 45.6 Å². The van der Waals surface area contributed by atoms with Crippen LogP contribution in [0.1, 0.15) is 18.5 Å². The quantitative estimate of drug-likeness (QED) is 0.752. The number of nitrogens with zero attached hydrogens (tertiary/aromatic N) is 4. The first-order valence-corrected chi connectivity index (χ1v) is 8.38. The van der Waals surface area contributed by atoms with Gasteiger partial charge in [0.25, 0.3) is 0 Å². The molecule has 132 valence electrons. The second kappa shape index (κ2) is 7.39. The number of imidazole rings is 1. The first-order valence-electron chi connectivity index (χ1n) is 8.38. The minimum absolute atomic E-state index is 0. The molecule has 4 rings (SSSR count). The highest BCUT2D eigenvalue weighted by atomic mass is 35.5. The molecule has 3 heterocycles. The highest BCUT2D eigenvalue weighted by molar-refractivity contribution is 5.85. The van der Waals surface area contributed by atoms with E-state index in [1.165, 1.54) is 5.56 Å². The third kappa shape index (κ3) is 3.20. The monoisotopic (exact) mass is 358 g/mol. The molecule has 1 aliphatic rings. The molecule has 0 bridgehead atoms. The normalized spacial score (nSPS) is 16.5. The van der Waals surface area contributed by atoms with Crippen LogP contribution < -0.4 is 11.1 Å². The van der Waals surface area contributed by atoms with Gasteiger partial charge in [0.15, 0.2) is 0 Å². The molecule has 1 atom stereocenters. The largest absolute Gasteiger partial charge is 0.369 e. The van der Waals surface area contributed by atoms with Crippen molar-refractivity contribution in [2.75, 3.05) is 31.9 Å². The minimum atomic E-state index is 0. The average molecular weight is 359 g/mol. The van der Waals surface area contributed by atoms with E-state index in [1.807, 2.05) is 22.8 Å². The van der Waals surface area contributed by atoms with Gasteiger partial charge in [0, 0.05) is 38.4 Å². The highest BCUT2D eigenvalue weighted by Crippen LogP contribution is 2.30. The molecule has 25 heavy (non-hydrogen) atoms. The van der Waals surface area contributed by atoms with Crippen molar-refractivity contribution in [1.29, 1.82) is 0 Å². The predicted molar refractivity (Wildman–Crippen MR) is 103 cm³/mol. The van der Waals surface area contributed by atoms with Crippen LogP contribution in [0.5, 0.6) is 0 Å². The zero-order chi connectivity index (χ0) is 16.5. The SMILES string of the molecule is CC(c1cccc2c1nc(N)n2-c1ccccn1)N1CCNCC1.Cl. The summed E-state index contributed by atoms with van der Waals surface area (Å²) in [5, 5.41) is 3.40. The van der Waals surface area contributed by atoms with E-state index in [2.05, 4.69) is 45.3 Å². The molecule has 0 spiro atoms. The number of halogens is 1. The minimum Gasteiger partial charge on any atom is -0.369 e. The van der Waals surface area contributed by atoms with E-state index >= 15 is 0 Å². The summed E-state index contributed by atoms with van der Waals surface area (Å²) < 4.78 is 1.92. The van der Waals surface area contributed by atoms with Gasteiger partial charge in [-0.05, 0) is 30.7 Å². The van der Waals surface area contributed by atoms with Gasteiger partial charge in [-0.25, -0.2) is 9.97 Å². The zero-order valence-electron chi connectivity index (χ0n) is 14.2. The van der Waals surface area contributed by atoms with Crippen molar-refractivity contribution >= 4 is 29.4 Å². The van der Waals surface area contributed by atoms with Gasteiger partial charge in [0.2, 0.25) is 5.95 Å². The van der Waals surface area contributed by atoms with Crippen LogP contribution in [-0.2, 0) is 0 Å². The van der Waals surface area contributed by atoms with Gasteiger partial charge in [0.1, 0.15) is 5.82 Å². The fourth-order valence-electron chi connectivity index (χ4n) is 3.47. The standard InChI is InChI=1S/C18H22N6.ClH/c1-13(23-11-9-20-10-12-23)14-5-4-6-15-17(14)22-18(19)24(15)16-7-2-3-8-21-16;/h2-8,13,20H,9-12H2,1H3,(H2,19,22);1H. The number of piperazine rings is 1. The van der Waals surface area contributed by atoms with Crippen LogP contribution in [0, 0.1) is 0 Å². The molecule has 0 aliphatic carbocycles. The Bertz CT molecular complexity index is 841. The Balaban J connectivity index is 0.00000182. The lowest BCUT2D eigenvalue weighted by molar-refractivity contribution is 0.186. The molecule has 1 aromatic carbocycles. The molecule has 1 unspecified atom stereocenters. The molecular formula is C18H23ClN6. The summed E-state index contributed by atoms with van der Waals surface area (Å²) in [5.41, 5.74) is 9.41. The van der Waals surface area contributed by atoms with Crippen molar-refractivity contribution in [2.24, 2.45) is 0 Å². The first-order chi connectivity index (χ1) is 11.8. The number of pyridine rings is 1. The van der Waals surface area contributed by atoms with Crippen molar-refractivity contribution in [2.45, 2.75) is 13.0 Å². The summed E-state index contributed by atoms with van der Waals surface area (Å²) in [6.07, 6.45) is 1.77. The molecule has 1 saturated heterocycles. The van der Waals surface area contributed by atoms with Crippen molar-refractivity contribution in [3.05, 3.63) is 48.2 Å². The maximum atomic E-state index is 6.22. The summed E-state index contributed by atoms with van der Waals surface area (Å²) >= 11 is 0. The van der Waals surface area contributed by atoms with Crippen LogP contribution in [0.3, 0.4) is 0 Å². The number of para-hydroxylation sites is 1. The van der Waals surface area contributed by atoms with E-state index in [9.17, 15) is 0 Å². The Morgan fingerprint density at radius 1 is 1.12 bits per heavy atom. The fourth-order valence-corrected chi connectivity index (χ4v) is 3.47. The van der Waals surface area contributed by atoms with Crippen LogP contribution in [0.15, 0.2) is 42.6 Å². The summed E-state index contributed by atoms with van der Waals surface area (Å²) in [6, 6.07) is 12.4. The number of fused-ring (bicyclic) bond motifs is 1. The number of anilines is 1. The van der Waals surface area contributed by atoms with Crippen LogP contribution in [0.4, 0.5) is 5.95 Å². The second-order valence-electron chi connectivity index (χ2n) is 6.17.